The highest BCUT2D eigenvalue weighted by molar-refractivity contribution is 6.22. The molecular formula is C9H12N5O2+. The van der Waals surface area contributed by atoms with Crippen molar-refractivity contribution in [2.45, 2.75) is 6.04 Å². The van der Waals surface area contributed by atoms with Gasteiger partial charge >= 0.3 is 12.0 Å². The van der Waals surface area contributed by atoms with Crippen LogP contribution in [0, 0.1) is 0 Å². The van der Waals surface area contributed by atoms with E-state index in [2.05, 4.69) is 10.3 Å². The number of rotatable bonds is 0. The molecule has 0 bridgehead atoms. The predicted octanol–water partition coefficient (Wildman–Crippen LogP) is -1.74. The predicted molar refractivity (Wildman–Crippen MR) is 55.3 cm³/mol. The van der Waals surface area contributed by atoms with Crippen LogP contribution < -0.4 is 5.32 Å². The Kier molecular flexibility index (Phi) is 1.63. The van der Waals surface area contributed by atoms with Crippen molar-refractivity contribution in [2.24, 2.45) is 4.99 Å². The summed E-state index contributed by atoms with van der Waals surface area (Å²) in [5.74, 6) is 1.01. The first-order valence-electron chi connectivity index (χ1n) is 5.12. The molecular weight excluding hydrogens is 210 g/mol. The zero-order valence-electron chi connectivity index (χ0n) is 9.10. The average molecular weight is 222 g/mol. The van der Waals surface area contributed by atoms with Crippen molar-refractivity contribution < 1.29 is 14.2 Å². The number of imide groups is 1. The van der Waals surface area contributed by atoms with Crippen molar-refractivity contribution in [2.75, 3.05) is 27.2 Å². The molecule has 16 heavy (non-hydrogen) atoms. The number of amides is 3. The van der Waals surface area contributed by atoms with E-state index < -0.39 is 6.04 Å². The minimum Gasteiger partial charge on any atom is -0.271 e. The molecule has 1 atom stereocenters. The van der Waals surface area contributed by atoms with Crippen LogP contribution in [0.3, 0.4) is 0 Å². The van der Waals surface area contributed by atoms with Gasteiger partial charge in [0.2, 0.25) is 11.9 Å². The Morgan fingerprint density at radius 3 is 2.88 bits per heavy atom. The maximum atomic E-state index is 12.0. The maximum absolute atomic E-state index is 12.0. The highest BCUT2D eigenvalue weighted by Crippen LogP contribution is 2.19. The quantitative estimate of drug-likeness (QED) is 0.495. The zero-order valence-corrected chi connectivity index (χ0v) is 9.10. The zero-order chi connectivity index (χ0) is 11.4. The molecule has 0 spiro atoms. The summed E-state index contributed by atoms with van der Waals surface area (Å²) < 4.78 is 1.90. The number of likely N-dealkylation sites (N-methyl/N-ethyl adjacent to an activating group) is 2. The van der Waals surface area contributed by atoms with Crippen LogP contribution in [0.4, 0.5) is 4.79 Å². The molecule has 3 amide bonds. The summed E-state index contributed by atoms with van der Waals surface area (Å²) in [5, 5.41) is 3.09. The SMILES string of the molecule is CN1C(=O)C2C(=NC3=[N+]2CCN3)N(C)C1=O. The highest BCUT2D eigenvalue weighted by Gasteiger charge is 2.52. The molecule has 1 saturated heterocycles. The molecule has 7 heteroatoms. The van der Waals surface area contributed by atoms with Crippen LogP contribution in [0.5, 0.6) is 0 Å². The van der Waals surface area contributed by atoms with Crippen LogP contribution in [0.2, 0.25) is 0 Å². The largest absolute Gasteiger partial charge is 0.390 e. The lowest BCUT2D eigenvalue weighted by Gasteiger charge is -2.31. The van der Waals surface area contributed by atoms with Crippen LogP contribution >= 0.6 is 0 Å². The fourth-order valence-corrected chi connectivity index (χ4v) is 2.26. The molecule has 1 unspecified atom stereocenters. The minimum absolute atomic E-state index is 0.208. The summed E-state index contributed by atoms with van der Waals surface area (Å²) in [6, 6.07) is -0.764. The molecule has 3 aliphatic heterocycles. The van der Waals surface area contributed by atoms with E-state index in [0.717, 1.165) is 18.0 Å². The molecule has 3 aliphatic rings. The van der Waals surface area contributed by atoms with Crippen molar-refractivity contribution in [3.63, 3.8) is 0 Å². The minimum atomic E-state index is -0.433. The number of amidine groups is 1. The molecule has 84 valence electrons. The molecule has 0 saturated carbocycles. The first-order valence-corrected chi connectivity index (χ1v) is 5.12. The number of hydrogen-bond acceptors (Lipinski definition) is 4. The van der Waals surface area contributed by atoms with E-state index in [1.807, 2.05) is 4.58 Å². The number of urea groups is 1. The van der Waals surface area contributed by atoms with Gasteiger partial charge in [-0.3, -0.25) is 19.9 Å². The first-order chi connectivity index (χ1) is 7.61. The molecule has 3 heterocycles. The monoisotopic (exact) mass is 222 g/mol. The lowest BCUT2D eigenvalue weighted by atomic mass is 10.1. The van der Waals surface area contributed by atoms with Crippen LogP contribution in [0.15, 0.2) is 4.99 Å². The number of carbonyl (C=O) groups is 2. The molecule has 1 N–H and O–H groups in total. The molecule has 0 aromatic rings. The maximum Gasteiger partial charge on any atom is 0.390 e. The van der Waals surface area contributed by atoms with Gasteiger partial charge in [-0.05, 0) is 0 Å². The van der Waals surface area contributed by atoms with E-state index in [-0.39, 0.29) is 11.9 Å². The van der Waals surface area contributed by atoms with Gasteiger partial charge in [-0.2, -0.15) is 0 Å². The molecule has 3 rings (SSSR count). The first kappa shape index (κ1) is 9.32. The number of nitrogens with zero attached hydrogens (tertiary/aromatic N) is 4. The van der Waals surface area contributed by atoms with Gasteiger partial charge in [-0.1, -0.05) is 4.99 Å². The Bertz CT molecular complexity index is 467. The molecule has 1 fully saturated rings. The van der Waals surface area contributed by atoms with Gasteiger partial charge in [-0.15, -0.1) is 0 Å². The normalized spacial score (nSPS) is 28.1. The standard InChI is InChI=1S/C9H11N5O2/c1-12-6-5(7(15)13(2)9(12)16)14-4-3-10-8(14)11-6/h5H,3-4H2,1-2H3/p+1. The number of aliphatic imine (C=N–C) groups is 1. The number of guanidine groups is 1. The van der Waals surface area contributed by atoms with Crippen LogP contribution in [-0.4, -0.2) is 71.3 Å². The second-order valence-corrected chi connectivity index (χ2v) is 4.06. The Morgan fingerprint density at radius 2 is 2.12 bits per heavy atom. The van der Waals surface area contributed by atoms with Crippen molar-refractivity contribution >= 4 is 23.7 Å². The van der Waals surface area contributed by atoms with Crippen molar-refractivity contribution in [1.82, 2.24) is 15.1 Å². The Labute approximate surface area is 92.0 Å². The summed E-state index contributed by atoms with van der Waals surface area (Å²) in [7, 11) is 3.14. The van der Waals surface area contributed by atoms with Gasteiger partial charge in [0.15, 0.2) is 0 Å². The molecule has 0 aromatic heterocycles. The number of nitrogens with one attached hydrogen (secondary N) is 1. The summed E-state index contributed by atoms with van der Waals surface area (Å²) >= 11 is 0. The third kappa shape index (κ3) is 0.923. The second kappa shape index (κ2) is 2.81. The highest BCUT2D eigenvalue weighted by atomic mass is 16.2. The number of fused-ring (bicyclic) bond motifs is 2. The number of hydrogen-bond donors (Lipinski definition) is 1. The molecule has 7 nitrogen and oxygen atoms in total. The second-order valence-electron chi connectivity index (χ2n) is 4.06. The summed E-state index contributed by atoms with van der Waals surface area (Å²) in [4.78, 5) is 30.6. The fourth-order valence-electron chi connectivity index (χ4n) is 2.26. The van der Waals surface area contributed by atoms with Crippen LogP contribution in [-0.2, 0) is 4.79 Å². The molecule has 0 aliphatic carbocycles. The third-order valence-corrected chi connectivity index (χ3v) is 3.17. The molecule has 0 aromatic carbocycles. The summed E-state index contributed by atoms with van der Waals surface area (Å²) in [6.45, 7) is 1.53. The van der Waals surface area contributed by atoms with Gasteiger partial charge in [0.05, 0.1) is 13.1 Å². The van der Waals surface area contributed by atoms with E-state index in [1.54, 1.807) is 7.05 Å². The van der Waals surface area contributed by atoms with Gasteiger partial charge in [0.25, 0.3) is 5.91 Å². The van der Waals surface area contributed by atoms with Gasteiger partial charge < -0.3 is 0 Å². The van der Waals surface area contributed by atoms with E-state index in [0.29, 0.717) is 11.8 Å². The number of carbonyl (C=O) groups excluding carboxylic acids is 2. The Hall–Kier alpha value is -1.92. The Morgan fingerprint density at radius 1 is 1.38 bits per heavy atom. The van der Waals surface area contributed by atoms with E-state index in [9.17, 15) is 9.59 Å². The molecule has 0 radical (unpaired) electrons. The van der Waals surface area contributed by atoms with Gasteiger partial charge in [0.1, 0.15) is 0 Å². The Balaban J connectivity index is 2.07. The smallest absolute Gasteiger partial charge is 0.271 e. The van der Waals surface area contributed by atoms with Crippen LogP contribution in [0.25, 0.3) is 0 Å². The average Bonchev–Trinajstić information content (AvgIpc) is 2.82. The topological polar surface area (TPSA) is 68.0 Å². The lowest BCUT2D eigenvalue weighted by molar-refractivity contribution is -0.525. The van der Waals surface area contributed by atoms with E-state index in [4.69, 9.17) is 0 Å². The van der Waals surface area contributed by atoms with E-state index >= 15 is 0 Å². The van der Waals surface area contributed by atoms with Crippen molar-refractivity contribution in [1.29, 1.82) is 0 Å². The van der Waals surface area contributed by atoms with E-state index in [1.165, 1.54) is 11.9 Å². The summed E-state index contributed by atoms with van der Waals surface area (Å²) in [5.41, 5.74) is 0. The van der Waals surface area contributed by atoms with Gasteiger partial charge in [-0.25, -0.2) is 9.37 Å². The summed E-state index contributed by atoms with van der Waals surface area (Å²) in [6.07, 6.45) is 0. The third-order valence-electron chi connectivity index (χ3n) is 3.17. The fraction of sp³-hybridized carbons (Fsp3) is 0.556. The van der Waals surface area contributed by atoms with Crippen molar-refractivity contribution in [3.8, 4) is 0 Å². The van der Waals surface area contributed by atoms with Crippen LogP contribution in [0.1, 0.15) is 0 Å². The van der Waals surface area contributed by atoms with Crippen molar-refractivity contribution in [3.05, 3.63) is 0 Å². The lowest BCUT2D eigenvalue weighted by Crippen LogP contribution is -2.61. The van der Waals surface area contributed by atoms with Gasteiger partial charge in [0, 0.05) is 14.1 Å².